The zero-order valence-corrected chi connectivity index (χ0v) is 16.0. The summed E-state index contributed by atoms with van der Waals surface area (Å²) in [5, 5.41) is 10.6. The van der Waals surface area contributed by atoms with Crippen molar-refractivity contribution in [2.45, 2.75) is 13.0 Å². The van der Waals surface area contributed by atoms with Crippen molar-refractivity contribution in [2.75, 3.05) is 13.7 Å². The summed E-state index contributed by atoms with van der Waals surface area (Å²) in [7, 11) is 1.22. The molecule has 0 aliphatic carbocycles. The Labute approximate surface area is 165 Å². The van der Waals surface area contributed by atoms with E-state index in [2.05, 4.69) is 0 Å². The molecular weight excluding hydrogens is 389 g/mol. The fraction of sp³-hybridized carbons (Fsp3) is 0.200. The molecule has 0 unspecified atom stereocenters. The first-order valence-corrected chi connectivity index (χ1v) is 9.00. The third-order valence-corrected chi connectivity index (χ3v) is 5.17. The summed E-state index contributed by atoms with van der Waals surface area (Å²) in [4.78, 5) is 24.7. The lowest BCUT2D eigenvalue weighted by molar-refractivity contribution is 0.0598. The van der Waals surface area contributed by atoms with Crippen molar-refractivity contribution in [1.29, 1.82) is 0 Å². The number of fused-ring (bicyclic) bond motifs is 1. The fourth-order valence-electron chi connectivity index (χ4n) is 3.01. The predicted octanol–water partition coefficient (Wildman–Crippen LogP) is 3.68. The molecule has 0 atom stereocenters. The van der Waals surface area contributed by atoms with Crippen LogP contribution in [0.15, 0.2) is 47.4 Å². The normalized spacial score (nSPS) is 11.0. The molecule has 3 rings (SSSR count). The number of benzene rings is 2. The molecule has 0 amide bonds. The van der Waals surface area contributed by atoms with Crippen LogP contribution in [0, 0.1) is 0 Å². The van der Waals surface area contributed by atoms with Crippen molar-refractivity contribution in [3.8, 4) is 0 Å². The molecule has 1 heterocycles. The molecule has 1 N–H and O–H groups in total. The minimum Gasteiger partial charge on any atom is -0.465 e. The zero-order chi connectivity index (χ0) is 19.6. The van der Waals surface area contributed by atoms with Crippen LogP contribution in [-0.2, 0) is 17.7 Å². The first-order valence-electron chi connectivity index (χ1n) is 8.24. The summed E-state index contributed by atoms with van der Waals surface area (Å²) in [5.74, 6) is -0.711. The largest absolute Gasteiger partial charge is 0.465 e. The van der Waals surface area contributed by atoms with Crippen LogP contribution < -0.4 is 5.43 Å². The minimum atomic E-state index is -0.711. The Hall–Kier alpha value is -2.34. The molecule has 5 nitrogen and oxygen atoms in total. The SMILES string of the molecule is COC(=O)c1cn(CCO)c2ccc(Cc3cccc(Cl)c3Cl)cc2c1=O. The highest BCUT2D eigenvalue weighted by Gasteiger charge is 2.16. The molecule has 0 aliphatic heterocycles. The summed E-state index contributed by atoms with van der Waals surface area (Å²) in [6.45, 7) is 0.124. The van der Waals surface area contributed by atoms with Crippen molar-refractivity contribution in [3.63, 3.8) is 0 Å². The van der Waals surface area contributed by atoms with Crippen LogP contribution in [-0.4, -0.2) is 29.4 Å². The summed E-state index contributed by atoms with van der Waals surface area (Å²) >= 11 is 12.3. The molecule has 0 spiro atoms. The van der Waals surface area contributed by atoms with Crippen LogP contribution in [0.25, 0.3) is 10.9 Å². The molecule has 0 aliphatic rings. The van der Waals surface area contributed by atoms with Gasteiger partial charge in [-0.2, -0.15) is 0 Å². The highest BCUT2D eigenvalue weighted by molar-refractivity contribution is 6.42. The van der Waals surface area contributed by atoms with Crippen molar-refractivity contribution >= 4 is 40.1 Å². The number of halogens is 2. The molecule has 0 saturated heterocycles. The van der Waals surface area contributed by atoms with Crippen molar-refractivity contribution in [2.24, 2.45) is 0 Å². The van der Waals surface area contributed by atoms with Gasteiger partial charge in [0, 0.05) is 18.1 Å². The predicted molar refractivity (Wildman–Crippen MR) is 106 cm³/mol. The van der Waals surface area contributed by atoms with Gasteiger partial charge in [0.15, 0.2) is 0 Å². The molecule has 140 valence electrons. The molecule has 1 aromatic heterocycles. The third-order valence-electron chi connectivity index (χ3n) is 4.32. The standard InChI is InChI=1S/C20H17Cl2NO4/c1-27-20(26)15-11-23(7-8-24)17-6-5-12(10-14(17)19(15)25)9-13-3-2-4-16(21)18(13)22/h2-6,10-11,24H,7-9H2,1H3. The van der Waals surface area contributed by atoms with Gasteiger partial charge in [0.25, 0.3) is 0 Å². The first kappa shape index (κ1) is 19.4. The average molecular weight is 406 g/mol. The van der Waals surface area contributed by atoms with E-state index in [1.54, 1.807) is 22.8 Å². The van der Waals surface area contributed by atoms with Gasteiger partial charge in [-0.25, -0.2) is 4.79 Å². The van der Waals surface area contributed by atoms with E-state index in [0.29, 0.717) is 27.4 Å². The third kappa shape index (κ3) is 3.86. The smallest absolute Gasteiger partial charge is 0.343 e. The number of pyridine rings is 1. The number of aliphatic hydroxyl groups excluding tert-OH is 1. The van der Waals surface area contributed by atoms with Gasteiger partial charge < -0.3 is 14.4 Å². The van der Waals surface area contributed by atoms with E-state index >= 15 is 0 Å². The number of rotatable bonds is 5. The molecule has 3 aromatic rings. The topological polar surface area (TPSA) is 68.5 Å². The second-order valence-corrected chi connectivity index (χ2v) is 6.81. The Balaban J connectivity index is 2.15. The maximum absolute atomic E-state index is 12.8. The first-order chi connectivity index (χ1) is 13.0. The van der Waals surface area contributed by atoms with Gasteiger partial charge in [-0.05, 0) is 35.7 Å². The second kappa shape index (κ2) is 8.13. The molecule has 2 aromatic carbocycles. The fourth-order valence-corrected chi connectivity index (χ4v) is 3.39. The van der Waals surface area contributed by atoms with Crippen LogP contribution in [0.1, 0.15) is 21.5 Å². The molecule has 27 heavy (non-hydrogen) atoms. The Bertz CT molecular complexity index is 1080. The number of aromatic nitrogens is 1. The number of nitrogens with zero attached hydrogens (tertiary/aromatic N) is 1. The maximum atomic E-state index is 12.8. The van der Waals surface area contributed by atoms with Crippen molar-refractivity contribution in [3.05, 3.63) is 79.6 Å². The average Bonchev–Trinajstić information content (AvgIpc) is 2.67. The van der Waals surface area contributed by atoms with Gasteiger partial charge in [-0.15, -0.1) is 0 Å². The number of carbonyl (C=O) groups is 1. The van der Waals surface area contributed by atoms with Crippen LogP contribution in [0.3, 0.4) is 0 Å². The number of aliphatic hydroxyl groups is 1. The van der Waals surface area contributed by atoms with Gasteiger partial charge in [0.2, 0.25) is 5.43 Å². The Morgan fingerprint density at radius 3 is 2.70 bits per heavy atom. The van der Waals surface area contributed by atoms with E-state index in [0.717, 1.165) is 11.1 Å². The quantitative estimate of drug-likeness (QED) is 0.657. The molecule has 7 heteroatoms. The van der Waals surface area contributed by atoms with Gasteiger partial charge in [0.1, 0.15) is 5.56 Å². The van der Waals surface area contributed by atoms with Gasteiger partial charge >= 0.3 is 5.97 Å². The Kier molecular flexibility index (Phi) is 5.85. The monoisotopic (exact) mass is 405 g/mol. The Morgan fingerprint density at radius 1 is 1.22 bits per heavy atom. The van der Waals surface area contributed by atoms with Crippen molar-refractivity contribution in [1.82, 2.24) is 4.57 Å². The summed E-state index contributed by atoms with van der Waals surface area (Å²) in [5.41, 5.74) is 1.83. The lowest BCUT2D eigenvalue weighted by Gasteiger charge is -2.13. The molecule has 0 fully saturated rings. The van der Waals surface area contributed by atoms with E-state index in [4.69, 9.17) is 27.9 Å². The number of esters is 1. The minimum absolute atomic E-state index is 0.0728. The second-order valence-electron chi connectivity index (χ2n) is 6.02. The van der Waals surface area contributed by atoms with E-state index in [1.807, 2.05) is 18.2 Å². The van der Waals surface area contributed by atoms with E-state index < -0.39 is 11.4 Å². The van der Waals surface area contributed by atoms with Gasteiger partial charge in [-0.3, -0.25) is 4.79 Å². The van der Waals surface area contributed by atoms with E-state index in [1.165, 1.54) is 13.3 Å². The summed E-state index contributed by atoms with van der Waals surface area (Å²) in [6.07, 6.45) is 1.90. The van der Waals surface area contributed by atoms with Gasteiger partial charge in [0.05, 0.1) is 29.3 Å². The highest BCUT2D eigenvalue weighted by Crippen LogP contribution is 2.28. The summed E-state index contributed by atoms with van der Waals surface area (Å²) in [6, 6.07) is 10.8. The van der Waals surface area contributed by atoms with Crippen LogP contribution in [0.4, 0.5) is 0 Å². The lowest BCUT2D eigenvalue weighted by atomic mass is 10.0. The number of carbonyl (C=O) groups excluding carboxylic acids is 1. The Morgan fingerprint density at radius 2 is 2.00 bits per heavy atom. The maximum Gasteiger partial charge on any atom is 0.343 e. The van der Waals surface area contributed by atoms with Crippen LogP contribution in [0.5, 0.6) is 0 Å². The van der Waals surface area contributed by atoms with E-state index in [-0.39, 0.29) is 18.7 Å². The number of ether oxygens (including phenoxy) is 1. The van der Waals surface area contributed by atoms with Crippen molar-refractivity contribution < 1.29 is 14.6 Å². The molecule has 0 radical (unpaired) electrons. The number of hydrogen-bond donors (Lipinski definition) is 1. The zero-order valence-electron chi connectivity index (χ0n) is 14.5. The van der Waals surface area contributed by atoms with Gasteiger partial charge in [-0.1, -0.05) is 41.4 Å². The van der Waals surface area contributed by atoms with E-state index in [9.17, 15) is 14.7 Å². The molecular formula is C20H17Cl2NO4. The number of hydrogen-bond acceptors (Lipinski definition) is 4. The summed E-state index contributed by atoms with van der Waals surface area (Å²) < 4.78 is 6.37. The molecule has 0 bridgehead atoms. The van der Waals surface area contributed by atoms with Crippen LogP contribution >= 0.6 is 23.2 Å². The molecule has 0 saturated carbocycles. The highest BCUT2D eigenvalue weighted by atomic mass is 35.5. The van der Waals surface area contributed by atoms with Crippen LogP contribution in [0.2, 0.25) is 10.0 Å². The number of methoxy groups -OCH3 is 1. The lowest BCUT2D eigenvalue weighted by Crippen LogP contribution is -2.21.